The minimum atomic E-state index is -0.577. The van der Waals surface area contributed by atoms with Gasteiger partial charge in [0.25, 0.3) is 0 Å². The highest BCUT2D eigenvalue weighted by atomic mass is 35.5. The second-order valence-electron chi connectivity index (χ2n) is 6.90. The topological polar surface area (TPSA) is 85.4 Å². The number of hydrogen-bond donors (Lipinski definition) is 1. The Morgan fingerprint density at radius 3 is 2.52 bits per heavy atom. The second kappa shape index (κ2) is 8.96. The van der Waals surface area contributed by atoms with Crippen LogP contribution in [0.5, 0.6) is 17.4 Å². The largest absolute Gasteiger partial charge is 0.497 e. The van der Waals surface area contributed by atoms with Crippen LogP contribution in [0.25, 0.3) is 10.9 Å². The molecule has 3 rings (SSSR count). The fourth-order valence-corrected chi connectivity index (χ4v) is 3.01. The number of hydrogen-bond acceptors (Lipinski definition) is 5. The molecule has 3 aromatic rings. The molecule has 1 amide bonds. The summed E-state index contributed by atoms with van der Waals surface area (Å²) in [4.78, 5) is 12.1. The zero-order valence-corrected chi connectivity index (χ0v) is 17.2. The molecule has 1 heterocycles. The van der Waals surface area contributed by atoms with Crippen LogP contribution in [0.2, 0.25) is 5.02 Å². The molecule has 0 fully saturated rings. The quantitative estimate of drug-likeness (QED) is 0.527. The predicted octanol–water partition coefficient (Wildman–Crippen LogP) is 5.35. The molecular formula is C21H22ClN3O4. The first kappa shape index (κ1) is 20.7. The maximum Gasteiger partial charge on any atom is 0.302 e. The van der Waals surface area contributed by atoms with Crippen LogP contribution in [-0.4, -0.2) is 29.3 Å². The molecular weight excluding hydrogens is 394 g/mol. The maximum atomic E-state index is 12.1. The number of rotatable bonds is 7. The summed E-state index contributed by atoms with van der Waals surface area (Å²) < 4.78 is 12.4. The molecule has 0 radical (unpaired) electrons. The van der Waals surface area contributed by atoms with Crippen molar-refractivity contribution in [2.45, 2.75) is 20.4 Å². The van der Waals surface area contributed by atoms with Crippen LogP contribution in [-0.2, 0) is 11.3 Å². The minimum absolute atomic E-state index is 0.0443. The number of azo groups is 1. The fraction of sp³-hybridized carbons (Fsp3) is 0.286. The smallest absolute Gasteiger partial charge is 0.302 e. The number of carbonyl (C=O) groups is 1. The number of methoxy groups -OCH3 is 1. The molecule has 8 heteroatoms. The van der Waals surface area contributed by atoms with Gasteiger partial charge in [-0.1, -0.05) is 25.4 Å². The first-order chi connectivity index (χ1) is 13.9. The highest BCUT2D eigenvalue weighted by molar-refractivity contribution is 6.30. The number of benzene rings is 2. The van der Waals surface area contributed by atoms with Gasteiger partial charge in [-0.3, -0.25) is 4.79 Å². The van der Waals surface area contributed by atoms with Crippen molar-refractivity contribution in [3.8, 4) is 17.4 Å². The van der Waals surface area contributed by atoms with Crippen molar-refractivity contribution in [2.24, 2.45) is 16.1 Å². The summed E-state index contributed by atoms with van der Waals surface area (Å²) in [5.41, 5.74) is 1.01. The summed E-state index contributed by atoms with van der Waals surface area (Å²) in [6.07, 6.45) is 0. The summed E-state index contributed by atoms with van der Waals surface area (Å²) >= 11 is 5.82. The molecule has 0 atom stereocenters. The van der Waals surface area contributed by atoms with Crippen LogP contribution >= 0.6 is 11.6 Å². The van der Waals surface area contributed by atoms with Gasteiger partial charge in [-0.15, -0.1) is 10.2 Å². The zero-order valence-electron chi connectivity index (χ0n) is 16.4. The van der Waals surface area contributed by atoms with E-state index in [1.807, 2.05) is 26.0 Å². The van der Waals surface area contributed by atoms with Crippen LogP contribution in [0.15, 0.2) is 52.7 Å². The third-order valence-electron chi connectivity index (χ3n) is 4.20. The van der Waals surface area contributed by atoms with Gasteiger partial charge in [-0.2, -0.15) is 0 Å². The number of aromatic hydroxyl groups is 1. The SMILES string of the molecule is COc1ccc2c(c1)c(N=NC(=O)COc1ccc(Cl)cc1)c(O)n2CC(C)C. The zero-order chi connectivity index (χ0) is 21.0. The highest BCUT2D eigenvalue weighted by Crippen LogP contribution is 2.40. The van der Waals surface area contributed by atoms with E-state index >= 15 is 0 Å². The van der Waals surface area contributed by atoms with E-state index in [2.05, 4.69) is 10.2 Å². The average molecular weight is 416 g/mol. The van der Waals surface area contributed by atoms with Crippen molar-refractivity contribution in [1.82, 2.24) is 4.57 Å². The average Bonchev–Trinajstić information content (AvgIpc) is 2.96. The van der Waals surface area contributed by atoms with Gasteiger partial charge < -0.3 is 19.1 Å². The number of ether oxygens (including phenoxy) is 2. The third-order valence-corrected chi connectivity index (χ3v) is 4.45. The van der Waals surface area contributed by atoms with Gasteiger partial charge in [0.15, 0.2) is 12.3 Å². The molecule has 0 unspecified atom stereocenters. The van der Waals surface area contributed by atoms with Crippen molar-refractivity contribution in [1.29, 1.82) is 0 Å². The molecule has 0 saturated heterocycles. The monoisotopic (exact) mass is 415 g/mol. The molecule has 1 aromatic heterocycles. The number of amides is 1. The van der Waals surface area contributed by atoms with E-state index in [0.29, 0.717) is 34.4 Å². The molecule has 0 aliphatic rings. The highest BCUT2D eigenvalue weighted by Gasteiger charge is 2.18. The lowest BCUT2D eigenvalue weighted by atomic mass is 10.2. The van der Waals surface area contributed by atoms with Crippen LogP contribution in [0, 0.1) is 5.92 Å². The van der Waals surface area contributed by atoms with Gasteiger partial charge in [-0.25, -0.2) is 0 Å². The number of nitrogens with zero attached hydrogens (tertiary/aromatic N) is 3. The molecule has 0 aliphatic heterocycles. The van der Waals surface area contributed by atoms with Crippen molar-refractivity contribution in [3.05, 3.63) is 47.5 Å². The maximum absolute atomic E-state index is 12.1. The van der Waals surface area contributed by atoms with Crippen LogP contribution in [0.3, 0.4) is 0 Å². The van der Waals surface area contributed by atoms with E-state index in [0.717, 1.165) is 5.52 Å². The Hall–Kier alpha value is -3.06. The van der Waals surface area contributed by atoms with Crippen molar-refractivity contribution >= 4 is 34.1 Å². The number of fused-ring (bicyclic) bond motifs is 1. The number of aromatic nitrogens is 1. The van der Waals surface area contributed by atoms with Gasteiger partial charge in [0.1, 0.15) is 11.5 Å². The van der Waals surface area contributed by atoms with Gasteiger partial charge in [-0.05, 0) is 48.4 Å². The fourth-order valence-electron chi connectivity index (χ4n) is 2.89. The van der Waals surface area contributed by atoms with Gasteiger partial charge in [0, 0.05) is 17.0 Å². The van der Waals surface area contributed by atoms with E-state index in [1.54, 1.807) is 42.0 Å². The van der Waals surface area contributed by atoms with Crippen molar-refractivity contribution < 1.29 is 19.4 Å². The summed E-state index contributed by atoms with van der Waals surface area (Å²) in [6.45, 7) is 4.42. The lowest BCUT2D eigenvalue weighted by Gasteiger charge is -2.09. The van der Waals surface area contributed by atoms with Crippen LogP contribution < -0.4 is 9.47 Å². The Bertz CT molecular complexity index is 1040. The van der Waals surface area contributed by atoms with E-state index < -0.39 is 5.91 Å². The molecule has 2 aromatic carbocycles. The molecule has 29 heavy (non-hydrogen) atoms. The third kappa shape index (κ3) is 4.86. The summed E-state index contributed by atoms with van der Waals surface area (Å²) in [7, 11) is 1.56. The van der Waals surface area contributed by atoms with Gasteiger partial charge >= 0.3 is 5.91 Å². The lowest BCUT2D eigenvalue weighted by molar-refractivity contribution is -0.120. The van der Waals surface area contributed by atoms with Crippen LogP contribution in [0.1, 0.15) is 13.8 Å². The molecule has 152 valence electrons. The van der Waals surface area contributed by atoms with Gasteiger partial charge in [0.05, 0.1) is 12.6 Å². The van der Waals surface area contributed by atoms with Crippen LogP contribution in [0.4, 0.5) is 5.69 Å². The molecule has 1 N–H and O–H groups in total. The summed E-state index contributed by atoms with van der Waals surface area (Å²) in [5, 5.41) is 19.6. The normalized spacial score (nSPS) is 11.5. The molecule has 0 saturated carbocycles. The molecule has 0 spiro atoms. The summed E-state index contributed by atoms with van der Waals surface area (Å²) in [6, 6.07) is 12.1. The Morgan fingerprint density at radius 2 is 1.86 bits per heavy atom. The van der Waals surface area contributed by atoms with Crippen molar-refractivity contribution in [3.63, 3.8) is 0 Å². The van der Waals surface area contributed by atoms with Gasteiger partial charge in [0.2, 0.25) is 5.88 Å². The Kier molecular flexibility index (Phi) is 6.39. The summed E-state index contributed by atoms with van der Waals surface area (Å²) in [5.74, 6) is 0.800. The molecule has 0 aliphatic carbocycles. The van der Waals surface area contributed by atoms with E-state index in [9.17, 15) is 9.90 Å². The first-order valence-corrected chi connectivity index (χ1v) is 9.49. The molecule has 7 nitrogen and oxygen atoms in total. The molecule has 0 bridgehead atoms. The minimum Gasteiger partial charge on any atom is -0.497 e. The number of halogens is 1. The second-order valence-corrected chi connectivity index (χ2v) is 7.33. The standard InChI is InChI=1S/C21H22ClN3O4/c1-13(2)11-25-18-9-8-16(28-3)10-17(18)20(21(25)27)24-23-19(26)12-29-15-6-4-14(22)5-7-15/h4-10,13,27H,11-12H2,1-3H3. The Balaban J connectivity index is 1.84. The first-order valence-electron chi connectivity index (χ1n) is 9.11. The van der Waals surface area contributed by atoms with E-state index in [1.165, 1.54) is 0 Å². The Morgan fingerprint density at radius 1 is 1.17 bits per heavy atom. The van der Waals surface area contributed by atoms with E-state index in [-0.39, 0.29) is 18.2 Å². The van der Waals surface area contributed by atoms with E-state index in [4.69, 9.17) is 21.1 Å². The Labute approximate surface area is 173 Å². The lowest BCUT2D eigenvalue weighted by Crippen LogP contribution is -2.07. The predicted molar refractivity (Wildman–Crippen MR) is 111 cm³/mol. The van der Waals surface area contributed by atoms with Crippen molar-refractivity contribution in [2.75, 3.05) is 13.7 Å². The number of carbonyl (C=O) groups excluding carboxylic acids is 1.